The first-order valence-electron chi connectivity index (χ1n) is 8.77. The summed E-state index contributed by atoms with van der Waals surface area (Å²) in [5.74, 6) is -1.50. The van der Waals surface area contributed by atoms with Crippen LogP contribution in [0.4, 0.5) is 13.2 Å². The molecule has 0 saturated carbocycles. The molecule has 2 aromatic carbocycles. The van der Waals surface area contributed by atoms with Gasteiger partial charge < -0.3 is 14.5 Å². The molecule has 1 amide bonds. The number of benzene rings is 2. The molecular weight excluding hydrogens is 423 g/mol. The lowest BCUT2D eigenvalue weighted by molar-refractivity contribution is -0.274. The highest BCUT2D eigenvalue weighted by atomic mass is 32.2. The van der Waals surface area contributed by atoms with Crippen LogP contribution in [0.25, 0.3) is 11.0 Å². The molecule has 0 fully saturated rings. The molecule has 1 atom stereocenters. The third-order valence-corrected chi connectivity index (χ3v) is 5.09. The van der Waals surface area contributed by atoms with Gasteiger partial charge in [-0.05, 0) is 30.7 Å². The Morgan fingerprint density at radius 3 is 2.37 bits per heavy atom. The number of furan rings is 1. The number of carbonyl (C=O) groups is 1. The minimum atomic E-state index is -4.79. The zero-order valence-corrected chi connectivity index (χ0v) is 16.8. The van der Waals surface area contributed by atoms with Gasteiger partial charge in [-0.3, -0.25) is 4.79 Å². The molecule has 3 rings (SSSR count). The van der Waals surface area contributed by atoms with Crippen molar-refractivity contribution in [2.75, 3.05) is 6.26 Å². The summed E-state index contributed by atoms with van der Waals surface area (Å²) in [5.41, 5.74) is 1.16. The fourth-order valence-electron chi connectivity index (χ4n) is 2.99. The Morgan fingerprint density at radius 2 is 1.77 bits per heavy atom. The molecule has 0 aliphatic carbocycles. The van der Waals surface area contributed by atoms with Crippen LogP contribution in [-0.4, -0.2) is 26.9 Å². The summed E-state index contributed by atoms with van der Waals surface area (Å²) in [7, 11) is -3.44. The highest BCUT2D eigenvalue weighted by molar-refractivity contribution is 7.89. The molecule has 0 radical (unpaired) electrons. The molecule has 0 spiro atoms. The van der Waals surface area contributed by atoms with E-state index in [0.717, 1.165) is 18.4 Å². The Labute approximate surface area is 170 Å². The predicted octanol–water partition coefficient (Wildman–Crippen LogP) is 4.37. The van der Waals surface area contributed by atoms with E-state index in [1.54, 1.807) is 31.2 Å². The molecule has 0 saturated heterocycles. The lowest BCUT2D eigenvalue weighted by Gasteiger charge is -2.15. The average molecular weight is 441 g/mol. The van der Waals surface area contributed by atoms with E-state index in [2.05, 4.69) is 10.1 Å². The van der Waals surface area contributed by atoms with Gasteiger partial charge >= 0.3 is 6.36 Å². The van der Waals surface area contributed by atoms with E-state index >= 15 is 0 Å². The topological polar surface area (TPSA) is 85.6 Å². The van der Waals surface area contributed by atoms with Gasteiger partial charge in [0.2, 0.25) is 0 Å². The van der Waals surface area contributed by atoms with Crippen molar-refractivity contribution >= 4 is 26.7 Å². The van der Waals surface area contributed by atoms with E-state index in [-0.39, 0.29) is 22.8 Å². The maximum Gasteiger partial charge on any atom is 0.573 e. The van der Waals surface area contributed by atoms with Crippen LogP contribution in [0, 0.1) is 0 Å². The number of amides is 1. The van der Waals surface area contributed by atoms with Gasteiger partial charge in [0.05, 0.1) is 11.8 Å². The third-order valence-electron chi connectivity index (χ3n) is 4.27. The summed E-state index contributed by atoms with van der Waals surface area (Å²) in [6.07, 6.45) is -3.73. The second-order valence-corrected chi connectivity index (χ2v) is 8.93. The number of hydrogen-bond acceptors (Lipinski definition) is 5. The van der Waals surface area contributed by atoms with E-state index in [1.807, 2.05) is 0 Å². The first-order valence-corrected chi connectivity index (χ1v) is 10.8. The van der Waals surface area contributed by atoms with Crippen molar-refractivity contribution in [3.05, 3.63) is 65.4 Å². The van der Waals surface area contributed by atoms with Crippen molar-refractivity contribution in [2.24, 2.45) is 0 Å². The molecule has 0 aliphatic heterocycles. The quantitative estimate of drug-likeness (QED) is 0.614. The van der Waals surface area contributed by atoms with Gasteiger partial charge in [0.1, 0.15) is 11.3 Å². The van der Waals surface area contributed by atoms with Crippen LogP contribution in [0.3, 0.4) is 0 Å². The molecule has 10 heteroatoms. The monoisotopic (exact) mass is 441 g/mol. The van der Waals surface area contributed by atoms with Gasteiger partial charge in [0.15, 0.2) is 15.6 Å². The summed E-state index contributed by atoms with van der Waals surface area (Å²) in [6, 6.07) is 11.2. The van der Waals surface area contributed by atoms with Gasteiger partial charge in [-0.2, -0.15) is 0 Å². The number of para-hydroxylation sites is 1. The first-order chi connectivity index (χ1) is 13.9. The minimum Gasteiger partial charge on any atom is -0.451 e. The van der Waals surface area contributed by atoms with Crippen molar-refractivity contribution in [1.82, 2.24) is 5.32 Å². The Hall–Kier alpha value is -3.01. The van der Waals surface area contributed by atoms with Crippen LogP contribution in [0.15, 0.2) is 52.9 Å². The van der Waals surface area contributed by atoms with E-state index in [0.29, 0.717) is 16.5 Å². The maximum atomic E-state index is 12.8. The molecule has 3 aromatic rings. The third kappa shape index (κ3) is 5.32. The highest BCUT2D eigenvalue weighted by Gasteiger charge is 2.31. The molecule has 160 valence electrons. The summed E-state index contributed by atoms with van der Waals surface area (Å²) >= 11 is 0. The number of nitrogens with one attached hydrogen (secondary N) is 1. The van der Waals surface area contributed by atoms with Crippen LogP contribution in [0.5, 0.6) is 5.75 Å². The molecular formula is C20H18F3NO5S. The molecule has 1 N–H and O–H groups in total. The molecule has 1 unspecified atom stereocenters. The average Bonchev–Trinajstić information content (AvgIpc) is 2.98. The summed E-state index contributed by atoms with van der Waals surface area (Å²) < 4.78 is 69.9. The molecule has 30 heavy (non-hydrogen) atoms. The second kappa shape index (κ2) is 8.02. The smallest absolute Gasteiger partial charge is 0.451 e. The summed E-state index contributed by atoms with van der Waals surface area (Å²) in [5, 5.41) is 3.20. The van der Waals surface area contributed by atoms with Crippen LogP contribution < -0.4 is 10.1 Å². The van der Waals surface area contributed by atoms with Gasteiger partial charge in [-0.25, -0.2) is 8.42 Å². The second-order valence-electron chi connectivity index (χ2n) is 6.79. The van der Waals surface area contributed by atoms with E-state index in [4.69, 9.17) is 4.42 Å². The van der Waals surface area contributed by atoms with Crippen LogP contribution in [0.1, 0.15) is 34.6 Å². The number of alkyl halides is 3. The predicted molar refractivity (Wildman–Crippen MR) is 104 cm³/mol. The molecule has 6 nitrogen and oxygen atoms in total. The molecule has 1 aromatic heterocycles. The number of fused-ring (bicyclic) bond motifs is 1. The molecule has 0 aliphatic rings. The summed E-state index contributed by atoms with van der Waals surface area (Å²) in [6.45, 7) is 1.64. The van der Waals surface area contributed by atoms with Gasteiger partial charge in [-0.1, -0.05) is 30.3 Å². The number of halogens is 3. The Kier molecular flexibility index (Phi) is 5.80. The normalized spacial score (nSPS) is 13.2. The lowest BCUT2D eigenvalue weighted by Crippen LogP contribution is -2.27. The Bertz CT molecular complexity index is 1170. The van der Waals surface area contributed by atoms with Crippen LogP contribution >= 0.6 is 0 Å². The summed E-state index contributed by atoms with van der Waals surface area (Å²) in [4.78, 5) is 12.8. The zero-order chi connectivity index (χ0) is 22.1. The molecule has 1 heterocycles. The minimum absolute atomic E-state index is 0.120. The van der Waals surface area contributed by atoms with E-state index in [1.165, 1.54) is 12.1 Å². The maximum absolute atomic E-state index is 12.8. The van der Waals surface area contributed by atoms with Gasteiger partial charge in [-0.15, -0.1) is 13.2 Å². The largest absolute Gasteiger partial charge is 0.573 e. The fraction of sp³-hybridized carbons (Fsp3) is 0.250. The Balaban J connectivity index is 1.83. The molecule has 0 bridgehead atoms. The van der Waals surface area contributed by atoms with Crippen molar-refractivity contribution in [3.8, 4) is 5.75 Å². The van der Waals surface area contributed by atoms with Crippen molar-refractivity contribution in [2.45, 2.75) is 25.1 Å². The van der Waals surface area contributed by atoms with E-state index in [9.17, 15) is 26.4 Å². The number of sulfone groups is 1. The van der Waals surface area contributed by atoms with Crippen molar-refractivity contribution < 1.29 is 35.5 Å². The first kappa shape index (κ1) is 21.7. The number of rotatable bonds is 6. The van der Waals surface area contributed by atoms with Gasteiger partial charge in [0.25, 0.3) is 5.91 Å². The zero-order valence-electron chi connectivity index (χ0n) is 16.0. The standard InChI is InChI=1S/C20H18F3NO5S/c1-12(13-7-9-14(10-8-13)29-20(21,22)23)24-19(25)18-16(11-30(2,26)27)15-5-3-4-6-17(15)28-18/h3-10,12H,11H2,1-2H3,(H,24,25). The van der Waals surface area contributed by atoms with Gasteiger partial charge in [0, 0.05) is 17.2 Å². The number of hydrogen-bond donors (Lipinski definition) is 1. The van der Waals surface area contributed by atoms with Crippen molar-refractivity contribution in [3.63, 3.8) is 0 Å². The van der Waals surface area contributed by atoms with Crippen LogP contribution in [0.2, 0.25) is 0 Å². The number of carbonyl (C=O) groups excluding carboxylic acids is 1. The highest BCUT2D eigenvalue weighted by Crippen LogP contribution is 2.29. The van der Waals surface area contributed by atoms with Crippen molar-refractivity contribution in [1.29, 1.82) is 0 Å². The fourth-order valence-corrected chi connectivity index (χ4v) is 3.80. The number of ether oxygens (including phenoxy) is 1. The van der Waals surface area contributed by atoms with Crippen LogP contribution in [-0.2, 0) is 15.6 Å². The Morgan fingerprint density at radius 1 is 1.13 bits per heavy atom. The van der Waals surface area contributed by atoms with E-state index < -0.39 is 28.1 Å². The lowest BCUT2D eigenvalue weighted by atomic mass is 10.1. The SMILES string of the molecule is CC(NC(=O)c1oc2ccccc2c1CS(C)(=O)=O)c1ccc(OC(F)(F)F)cc1.